The zero-order valence-corrected chi connectivity index (χ0v) is 8.11. The number of Topliss-reactive ketones (excluding diaryl/α,β-unsaturated/α-hetero) is 1. The molecule has 0 aliphatic carbocycles. The topological polar surface area (TPSA) is 67.5 Å². The average Bonchev–Trinajstić information content (AvgIpc) is 2.49. The maximum atomic E-state index is 11.5. The molecule has 76 valence electrons. The Labute approximate surface area is 81.5 Å². The molecular weight excluding hydrogens is 184 g/mol. The molecule has 0 spiro atoms. The fourth-order valence-corrected chi connectivity index (χ4v) is 1.16. The van der Waals surface area contributed by atoms with Crippen LogP contribution in [0.3, 0.4) is 0 Å². The maximum Gasteiger partial charge on any atom is 0.304 e. The van der Waals surface area contributed by atoms with Gasteiger partial charge in [0.1, 0.15) is 5.76 Å². The van der Waals surface area contributed by atoms with Gasteiger partial charge in [0, 0.05) is 5.92 Å². The highest BCUT2D eigenvalue weighted by Crippen LogP contribution is 2.14. The molecule has 0 bridgehead atoms. The third-order valence-electron chi connectivity index (χ3n) is 1.91. The first-order valence-electron chi connectivity index (χ1n) is 4.33. The number of carbonyl (C=O) groups excluding carboxylic acids is 1. The molecule has 0 saturated carbocycles. The fourth-order valence-electron chi connectivity index (χ4n) is 1.16. The third kappa shape index (κ3) is 2.45. The largest absolute Gasteiger partial charge is 0.481 e. The third-order valence-corrected chi connectivity index (χ3v) is 1.91. The Kier molecular flexibility index (Phi) is 3.06. The van der Waals surface area contributed by atoms with Crippen molar-refractivity contribution < 1.29 is 19.1 Å². The van der Waals surface area contributed by atoms with E-state index in [1.54, 1.807) is 26.0 Å². The lowest BCUT2D eigenvalue weighted by atomic mass is 10.0. The van der Waals surface area contributed by atoms with Gasteiger partial charge in [0.15, 0.2) is 5.76 Å². The molecule has 1 aromatic heterocycles. The zero-order chi connectivity index (χ0) is 10.7. The van der Waals surface area contributed by atoms with E-state index in [0.29, 0.717) is 5.76 Å². The molecular formula is C10H12O4. The highest BCUT2D eigenvalue weighted by Gasteiger charge is 2.20. The summed E-state index contributed by atoms with van der Waals surface area (Å²) in [6.45, 7) is 3.31. The number of aryl methyl sites for hydroxylation is 1. The average molecular weight is 196 g/mol. The standard InChI is InChI=1S/C10H12O4/c1-6(5-9(11)12)10(13)8-4-3-7(2)14-8/h3-4,6H,5H2,1-2H3,(H,11,12). The van der Waals surface area contributed by atoms with E-state index in [1.165, 1.54) is 0 Å². The lowest BCUT2D eigenvalue weighted by molar-refractivity contribution is -0.137. The van der Waals surface area contributed by atoms with E-state index >= 15 is 0 Å². The van der Waals surface area contributed by atoms with Crippen molar-refractivity contribution >= 4 is 11.8 Å². The summed E-state index contributed by atoms with van der Waals surface area (Å²) in [5, 5.41) is 8.50. The van der Waals surface area contributed by atoms with Gasteiger partial charge in [0.05, 0.1) is 6.42 Å². The number of hydrogen-bond acceptors (Lipinski definition) is 3. The molecule has 0 aliphatic heterocycles. The van der Waals surface area contributed by atoms with Crippen LogP contribution in [0.5, 0.6) is 0 Å². The minimum absolute atomic E-state index is 0.168. The second-order valence-corrected chi connectivity index (χ2v) is 3.27. The summed E-state index contributed by atoms with van der Waals surface area (Å²) in [4.78, 5) is 21.9. The molecule has 0 aliphatic rings. The predicted molar refractivity (Wildman–Crippen MR) is 49.2 cm³/mol. The molecule has 0 amide bonds. The van der Waals surface area contributed by atoms with Crippen LogP contribution in [0.4, 0.5) is 0 Å². The number of hydrogen-bond donors (Lipinski definition) is 1. The van der Waals surface area contributed by atoms with E-state index in [9.17, 15) is 9.59 Å². The van der Waals surface area contributed by atoms with Gasteiger partial charge in [0.25, 0.3) is 0 Å². The van der Waals surface area contributed by atoms with Gasteiger partial charge in [-0.1, -0.05) is 6.92 Å². The second-order valence-electron chi connectivity index (χ2n) is 3.27. The van der Waals surface area contributed by atoms with Crippen molar-refractivity contribution in [2.45, 2.75) is 20.3 Å². The quantitative estimate of drug-likeness (QED) is 0.746. The van der Waals surface area contributed by atoms with Crippen molar-refractivity contribution in [2.24, 2.45) is 5.92 Å². The summed E-state index contributed by atoms with van der Waals surface area (Å²) >= 11 is 0. The van der Waals surface area contributed by atoms with Crippen LogP contribution in [0.15, 0.2) is 16.5 Å². The SMILES string of the molecule is Cc1ccc(C(=O)C(C)CC(=O)O)o1. The monoisotopic (exact) mass is 196 g/mol. The molecule has 0 fully saturated rings. The molecule has 1 heterocycles. The van der Waals surface area contributed by atoms with Gasteiger partial charge in [-0.3, -0.25) is 9.59 Å². The number of carbonyl (C=O) groups is 2. The Morgan fingerprint density at radius 3 is 2.57 bits per heavy atom. The van der Waals surface area contributed by atoms with E-state index in [2.05, 4.69) is 0 Å². The Morgan fingerprint density at radius 2 is 2.14 bits per heavy atom. The molecule has 4 heteroatoms. The lowest BCUT2D eigenvalue weighted by Crippen LogP contribution is -2.14. The van der Waals surface area contributed by atoms with Crippen LogP contribution in [0.1, 0.15) is 29.7 Å². The molecule has 1 unspecified atom stereocenters. The van der Waals surface area contributed by atoms with E-state index in [0.717, 1.165) is 0 Å². The Morgan fingerprint density at radius 1 is 1.50 bits per heavy atom. The van der Waals surface area contributed by atoms with E-state index in [4.69, 9.17) is 9.52 Å². The highest BCUT2D eigenvalue weighted by atomic mass is 16.4. The smallest absolute Gasteiger partial charge is 0.304 e. The Hall–Kier alpha value is -1.58. The first-order valence-corrected chi connectivity index (χ1v) is 4.33. The molecule has 0 saturated heterocycles. The lowest BCUT2D eigenvalue weighted by Gasteiger charge is -2.04. The Balaban J connectivity index is 2.70. The van der Waals surface area contributed by atoms with Crippen LogP contribution in [-0.2, 0) is 4.79 Å². The number of rotatable bonds is 4. The van der Waals surface area contributed by atoms with Crippen LogP contribution in [0.25, 0.3) is 0 Å². The highest BCUT2D eigenvalue weighted by molar-refractivity contribution is 5.96. The minimum Gasteiger partial charge on any atom is -0.481 e. The molecule has 1 atom stereocenters. The van der Waals surface area contributed by atoms with Crippen molar-refractivity contribution in [2.75, 3.05) is 0 Å². The van der Waals surface area contributed by atoms with Gasteiger partial charge < -0.3 is 9.52 Å². The van der Waals surface area contributed by atoms with Gasteiger partial charge in [-0.2, -0.15) is 0 Å². The van der Waals surface area contributed by atoms with Crippen molar-refractivity contribution in [3.63, 3.8) is 0 Å². The van der Waals surface area contributed by atoms with Crippen molar-refractivity contribution in [1.29, 1.82) is 0 Å². The molecule has 0 aromatic carbocycles. The number of carboxylic acid groups (broad SMARTS) is 1. The summed E-state index contributed by atoms with van der Waals surface area (Å²) in [5.41, 5.74) is 0. The fraction of sp³-hybridized carbons (Fsp3) is 0.400. The summed E-state index contributed by atoms with van der Waals surface area (Å²) in [7, 11) is 0. The van der Waals surface area contributed by atoms with Crippen molar-refractivity contribution in [3.8, 4) is 0 Å². The maximum absolute atomic E-state index is 11.5. The van der Waals surface area contributed by atoms with Crippen LogP contribution in [0.2, 0.25) is 0 Å². The van der Waals surface area contributed by atoms with Gasteiger partial charge in [-0.15, -0.1) is 0 Å². The summed E-state index contributed by atoms with van der Waals surface area (Å²) in [5.74, 6) is -0.903. The number of carboxylic acids is 1. The number of furan rings is 1. The molecule has 0 radical (unpaired) electrons. The Bertz CT molecular complexity index is 351. The first-order chi connectivity index (χ1) is 6.50. The zero-order valence-electron chi connectivity index (χ0n) is 8.11. The van der Waals surface area contributed by atoms with E-state index < -0.39 is 11.9 Å². The van der Waals surface area contributed by atoms with Gasteiger partial charge >= 0.3 is 5.97 Å². The minimum atomic E-state index is -0.978. The van der Waals surface area contributed by atoms with Crippen molar-refractivity contribution in [3.05, 3.63) is 23.7 Å². The normalized spacial score (nSPS) is 12.4. The van der Waals surface area contributed by atoms with Crippen LogP contribution < -0.4 is 0 Å². The summed E-state index contributed by atoms with van der Waals surface area (Å²) in [6.07, 6.45) is -0.168. The number of aliphatic carboxylic acids is 1. The van der Waals surface area contributed by atoms with Gasteiger partial charge in [-0.25, -0.2) is 0 Å². The number of ketones is 1. The summed E-state index contributed by atoms with van der Waals surface area (Å²) < 4.78 is 5.11. The van der Waals surface area contributed by atoms with Gasteiger partial charge in [0.2, 0.25) is 5.78 Å². The van der Waals surface area contributed by atoms with E-state index in [1.807, 2.05) is 0 Å². The van der Waals surface area contributed by atoms with Crippen LogP contribution >= 0.6 is 0 Å². The van der Waals surface area contributed by atoms with Crippen molar-refractivity contribution in [1.82, 2.24) is 0 Å². The second kappa shape index (κ2) is 4.09. The van der Waals surface area contributed by atoms with Crippen LogP contribution in [0, 0.1) is 12.8 Å². The molecule has 4 nitrogen and oxygen atoms in total. The molecule has 1 aromatic rings. The summed E-state index contributed by atoms with van der Waals surface area (Å²) in [6, 6.07) is 3.25. The van der Waals surface area contributed by atoms with Gasteiger partial charge in [-0.05, 0) is 19.1 Å². The van der Waals surface area contributed by atoms with E-state index in [-0.39, 0.29) is 18.0 Å². The molecule has 14 heavy (non-hydrogen) atoms. The first kappa shape index (κ1) is 10.5. The molecule has 1 rings (SSSR count). The van der Waals surface area contributed by atoms with Crippen LogP contribution in [-0.4, -0.2) is 16.9 Å². The molecule has 1 N–H and O–H groups in total. The predicted octanol–water partition coefficient (Wildman–Crippen LogP) is 1.88.